The molecule has 3 heterocycles. The molecule has 0 radical (unpaired) electrons. The van der Waals surface area contributed by atoms with Gasteiger partial charge in [0.15, 0.2) is 5.82 Å². The summed E-state index contributed by atoms with van der Waals surface area (Å²) in [5.41, 5.74) is 10.0. The van der Waals surface area contributed by atoms with Crippen molar-refractivity contribution >= 4 is 28.8 Å². The van der Waals surface area contributed by atoms with Gasteiger partial charge in [-0.1, -0.05) is 29.8 Å². The van der Waals surface area contributed by atoms with Crippen molar-refractivity contribution in [2.45, 2.75) is 32.7 Å². The van der Waals surface area contributed by atoms with Gasteiger partial charge in [-0.05, 0) is 31.7 Å². The minimum absolute atomic E-state index is 0.00197. The highest BCUT2D eigenvalue weighted by Gasteiger charge is 2.22. The van der Waals surface area contributed by atoms with Crippen LogP contribution in [-0.4, -0.2) is 50.1 Å². The number of nitrogens with two attached hydrogens (primary N) is 1. The predicted octanol–water partition coefficient (Wildman–Crippen LogP) is 2.90. The number of aryl methyl sites for hydroxylation is 2. The number of fused-ring (bicyclic) bond motifs is 1. The minimum Gasteiger partial charge on any atom is -0.396 e. The molecule has 8 nitrogen and oxygen atoms in total. The van der Waals surface area contributed by atoms with Gasteiger partial charge in [0.2, 0.25) is 0 Å². The predicted molar refractivity (Wildman–Crippen MR) is 123 cm³/mol. The van der Waals surface area contributed by atoms with Crippen molar-refractivity contribution in [2.24, 2.45) is 0 Å². The van der Waals surface area contributed by atoms with Gasteiger partial charge in [0, 0.05) is 44.1 Å². The first-order chi connectivity index (χ1) is 15.5. The number of carbonyl (C=O) groups excluding carboxylic acids is 1. The summed E-state index contributed by atoms with van der Waals surface area (Å²) in [6.45, 7) is 3.94. The maximum absolute atomic E-state index is 12.7. The van der Waals surface area contributed by atoms with E-state index in [2.05, 4.69) is 9.97 Å². The fraction of sp³-hybridized carbons (Fsp3) is 0.333. The lowest BCUT2D eigenvalue weighted by molar-refractivity contribution is -0.125. The van der Waals surface area contributed by atoms with E-state index in [1.165, 1.54) is 6.08 Å². The summed E-state index contributed by atoms with van der Waals surface area (Å²) in [6, 6.07) is 10.1. The fourth-order valence-corrected chi connectivity index (χ4v) is 4.02. The maximum atomic E-state index is 12.7. The maximum Gasteiger partial charge on any atom is 0.264 e. The van der Waals surface area contributed by atoms with E-state index in [-0.39, 0.29) is 29.7 Å². The third-order valence-corrected chi connectivity index (χ3v) is 5.70. The number of benzene rings is 1. The number of aliphatic hydroxyl groups excluding tert-OH is 1. The molecule has 1 aliphatic rings. The van der Waals surface area contributed by atoms with Crippen LogP contribution in [0.3, 0.4) is 0 Å². The van der Waals surface area contributed by atoms with E-state index in [1.807, 2.05) is 48.0 Å². The first-order valence-electron chi connectivity index (χ1n) is 10.8. The van der Waals surface area contributed by atoms with Crippen LogP contribution in [0.4, 0.5) is 5.82 Å². The Labute approximate surface area is 186 Å². The summed E-state index contributed by atoms with van der Waals surface area (Å²) in [5.74, 6) is 0.201. The highest BCUT2D eigenvalue weighted by atomic mass is 16.3. The third-order valence-electron chi connectivity index (χ3n) is 5.70. The van der Waals surface area contributed by atoms with Gasteiger partial charge in [-0.25, -0.2) is 9.97 Å². The van der Waals surface area contributed by atoms with Crippen LogP contribution in [0.15, 0.2) is 36.0 Å². The Bertz CT molecular complexity index is 1210. The quantitative estimate of drug-likeness (QED) is 0.458. The molecule has 0 unspecified atom stereocenters. The van der Waals surface area contributed by atoms with Gasteiger partial charge in [-0.3, -0.25) is 4.79 Å². The summed E-state index contributed by atoms with van der Waals surface area (Å²) in [5, 5.41) is 19.6. The molecule has 0 atom stereocenters. The number of hydrogen-bond donors (Lipinski definition) is 2. The fourth-order valence-electron chi connectivity index (χ4n) is 4.02. The highest BCUT2D eigenvalue weighted by Crippen LogP contribution is 2.33. The number of carbonyl (C=O) groups is 1. The van der Waals surface area contributed by atoms with Gasteiger partial charge >= 0.3 is 0 Å². The zero-order valence-electron chi connectivity index (χ0n) is 18.1. The number of rotatable bonds is 6. The third kappa shape index (κ3) is 4.20. The summed E-state index contributed by atoms with van der Waals surface area (Å²) in [4.78, 5) is 23.4. The summed E-state index contributed by atoms with van der Waals surface area (Å²) < 4.78 is 1.93. The lowest BCUT2D eigenvalue weighted by Gasteiger charge is -2.14. The molecule has 32 heavy (non-hydrogen) atoms. The highest BCUT2D eigenvalue weighted by molar-refractivity contribution is 6.03. The van der Waals surface area contributed by atoms with E-state index >= 15 is 0 Å². The summed E-state index contributed by atoms with van der Waals surface area (Å²) >= 11 is 0. The van der Waals surface area contributed by atoms with Crippen LogP contribution in [0.2, 0.25) is 0 Å². The Balaban J connectivity index is 1.81. The van der Waals surface area contributed by atoms with E-state index in [4.69, 9.17) is 5.73 Å². The SMILES string of the molecule is Cc1ccc(-c2cn(CCCO)c3nc(C=C(C#N)C(=O)N4CCCC4)nc(N)c23)cc1. The van der Waals surface area contributed by atoms with E-state index in [1.54, 1.807) is 4.90 Å². The molecular formula is C24H26N6O2. The molecule has 8 heteroatoms. The van der Waals surface area contributed by atoms with Crippen molar-refractivity contribution in [2.75, 3.05) is 25.4 Å². The summed E-state index contributed by atoms with van der Waals surface area (Å²) in [7, 11) is 0. The smallest absolute Gasteiger partial charge is 0.264 e. The number of nitrogens with zero attached hydrogens (tertiary/aromatic N) is 5. The normalized spacial score (nSPS) is 14.2. The first-order valence-corrected chi connectivity index (χ1v) is 10.8. The Morgan fingerprint density at radius 2 is 1.97 bits per heavy atom. The van der Waals surface area contributed by atoms with Gasteiger partial charge in [0.1, 0.15) is 23.1 Å². The second kappa shape index (κ2) is 9.20. The average molecular weight is 431 g/mol. The molecule has 3 aromatic rings. The molecule has 0 spiro atoms. The Kier molecular flexibility index (Phi) is 6.19. The molecule has 2 aromatic heterocycles. The van der Waals surface area contributed by atoms with Crippen LogP contribution in [-0.2, 0) is 11.3 Å². The van der Waals surface area contributed by atoms with Crippen molar-refractivity contribution in [3.63, 3.8) is 0 Å². The van der Waals surface area contributed by atoms with Gasteiger partial charge in [0.25, 0.3) is 5.91 Å². The Morgan fingerprint density at radius 1 is 1.25 bits per heavy atom. The lowest BCUT2D eigenvalue weighted by atomic mass is 10.0. The standard InChI is InChI=1S/C24H26N6O2/c1-16-5-7-17(8-6-16)19-15-30(11-4-12-31)23-21(19)22(26)27-20(28-23)13-18(14-25)24(32)29-9-2-3-10-29/h5-8,13,15,31H,2-4,9-12H2,1H3,(H2,26,27,28). The van der Waals surface area contributed by atoms with Crippen LogP contribution in [0.25, 0.3) is 28.2 Å². The van der Waals surface area contributed by atoms with E-state index in [9.17, 15) is 15.2 Å². The molecule has 0 bridgehead atoms. The number of nitrogen functional groups attached to an aromatic ring is 1. The molecule has 0 aliphatic carbocycles. The van der Waals surface area contributed by atoms with Crippen molar-refractivity contribution < 1.29 is 9.90 Å². The molecule has 1 amide bonds. The largest absolute Gasteiger partial charge is 0.396 e. The van der Waals surface area contributed by atoms with Crippen LogP contribution in [0, 0.1) is 18.3 Å². The zero-order chi connectivity index (χ0) is 22.7. The lowest BCUT2D eigenvalue weighted by Crippen LogP contribution is -2.28. The molecule has 0 saturated carbocycles. The molecule has 164 valence electrons. The van der Waals surface area contributed by atoms with Crippen LogP contribution < -0.4 is 5.73 Å². The molecular weight excluding hydrogens is 404 g/mol. The van der Waals surface area contributed by atoms with Crippen LogP contribution >= 0.6 is 0 Å². The van der Waals surface area contributed by atoms with Gasteiger partial charge in [-0.2, -0.15) is 5.26 Å². The minimum atomic E-state index is -0.303. The number of aromatic nitrogens is 3. The van der Waals surface area contributed by atoms with Crippen molar-refractivity contribution in [1.29, 1.82) is 5.26 Å². The number of aliphatic hydroxyl groups is 1. The number of amides is 1. The van der Waals surface area contributed by atoms with Crippen molar-refractivity contribution in [1.82, 2.24) is 19.4 Å². The number of anilines is 1. The molecule has 3 N–H and O–H groups in total. The van der Waals surface area contributed by atoms with E-state index in [0.29, 0.717) is 37.1 Å². The zero-order valence-corrected chi connectivity index (χ0v) is 18.1. The first kappa shape index (κ1) is 21.5. The topological polar surface area (TPSA) is 121 Å². The molecule has 1 saturated heterocycles. The molecule has 4 rings (SSSR count). The molecule has 1 aliphatic heterocycles. The van der Waals surface area contributed by atoms with Crippen molar-refractivity contribution in [3.8, 4) is 17.2 Å². The van der Waals surface area contributed by atoms with Crippen molar-refractivity contribution in [3.05, 3.63) is 47.4 Å². The van der Waals surface area contributed by atoms with E-state index in [0.717, 1.165) is 29.5 Å². The van der Waals surface area contributed by atoms with Crippen LogP contribution in [0.5, 0.6) is 0 Å². The number of likely N-dealkylation sites (tertiary alicyclic amines) is 1. The van der Waals surface area contributed by atoms with Gasteiger partial charge < -0.3 is 20.3 Å². The van der Waals surface area contributed by atoms with Gasteiger partial charge in [0.05, 0.1) is 5.39 Å². The molecule has 1 aromatic carbocycles. The molecule has 1 fully saturated rings. The van der Waals surface area contributed by atoms with E-state index < -0.39 is 0 Å². The van der Waals surface area contributed by atoms with Crippen LogP contribution in [0.1, 0.15) is 30.7 Å². The monoisotopic (exact) mass is 430 g/mol. The second-order valence-corrected chi connectivity index (χ2v) is 8.01. The second-order valence-electron chi connectivity index (χ2n) is 8.01. The Hall–Kier alpha value is -3.70. The summed E-state index contributed by atoms with van der Waals surface area (Å²) in [6.07, 6.45) is 5.82. The van der Waals surface area contributed by atoms with Gasteiger partial charge in [-0.15, -0.1) is 0 Å². The number of nitriles is 1. The Morgan fingerprint density at radius 3 is 2.62 bits per heavy atom. The average Bonchev–Trinajstić information content (AvgIpc) is 3.45. The number of hydrogen-bond acceptors (Lipinski definition) is 6.